The molecule has 0 bridgehead atoms. The summed E-state index contributed by atoms with van der Waals surface area (Å²) in [4.78, 5) is 36.9. The monoisotopic (exact) mass is 618 g/mol. The highest BCUT2D eigenvalue weighted by atomic mass is 32.1. The summed E-state index contributed by atoms with van der Waals surface area (Å²) in [5, 5.41) is 18.3. The van der Waals surface area contributed by atoms with Gasteiger partial charge in [0, 0.05) is 46.7 Å². The van der Waals surface area contributed by atoms with Gasteiger partial charge in [-0.2, -0.15) is 5.10 Å². The van der Waals surface area contributed by atoms with Crippen molar-refractivity contribution in [2.45, 2.75) is 71.2 Å². The van der Waals surface area contributed by atoms with Crippen molar-refractivity contribution in [3.8, 4) is 21.6 Å². The van der Waals surface area contributed by atoms with Crippen LogP contribution in [0.5, 0.6) is 0 Å². The van der Waals surface area contributed by atoms with E-state index in [1.54, 1.807) is 68.7 Å². The van der Waals surface area contributed by atoms with Crippen molar-refractivity contribution in [1.82, 2.24) is 25.0 Å². The molecule has 230 valence electrons. The molecule has 12 heteroatoms. The van der Waals surface area contributed by atoms with Gasteiger partial charge < -0.3 is 20.1 Å². The normalized spacial score (nSPS) is 15.7. The summed E-state index contributed by atoms with van der Waals surface area (Å²) in [6, 6.07) is 7.82. The molecule has 1 atom stereocenters. The van der Waals surface area contributed by atoms with Crippen LogP contribution >= 0.6 is 11.3 Å². The van der Waals surface area contributed by atoms with Crippen LogP contribution in [-0.4, -0.2) is 67.1 Å². The fourth-order valence-electron chi connectivity index (χ4n) is 5.18. The van der Waals surface area contributed by atoms with Crippen LogP contribution in [0.2, 0.25) is 0 Å². The smallest absolute Gasteiger partial charge is 0.407 e. The SMILES string of the molecule is [C-]#[N+]c1ccc(-c2cc(C(=O)N3CCC[C@@H](NC(=O)OC(C)(C)C)C3)sc2-c2cnc3c(cnn3CC(C)(C)O)c2)cc1F. The number of carbonyl (C=O) groups is 2. The Hall–Kier alpha value is -4.34. The molecule has 3 aromatic heterocycles. The number of alkyl carbamates (subject to hydrolysis) is 1. The van der Waals surface area contributed by atoms with Crippen LogP contribution in [0.15, 0.2) is 42.7 Å². The lowest BCUT2D eigenvalue weighted by atomic mass is 10.0. The summed E-state index contributed by atoms with van der Waals surface area (Å²) < 4.78 is 21.8. The standard InChI is InChI=1S/C32H35FN6O4S/c1-31(2,3)43-30(41)37-22-8-7-11-38(17-22)29(40)26-14-23(19-9-10-25(34-6)24(33)13-19)27(44-26)20-12-21-16-36-39(18-32(4,5)42)28(21)35-15-20/h9-10,12-16,22,42H,7-8,11,17-18H2,1-5H3,(H,37,41)/t22-/m1/s1. The molecule has 44 heavy (non-hydrogen) atoms. The number of amides is 2. The van der Waals surface area contributed by atoms with Gasteiger partial charge in [0.25, 0.3) is 5.91 Å². The van der Waals surface area contributed by atoms with Gasteiger partial charge in [-0.15, -0.1) is 11.3 Å². The number of nitrogens with zero attached hydrogens (tertiary/aromatic N) is 5. The first-order chi connectivity index (χ1) is 20.7. The number of benzene rings is 1. The van der Waals surface area contributed by atoms with Gasteiger partial charge in [-0.25, -0.2) is 23.7 Å². The molecular formula is C32H35FN6O4S. The zero-order chi connectivity index (χ0) is 31.8. The molecule has 0 spiro atoms. The lowest BCUT2D eigenvalue weighted by Crippen LogP contribution is -2.50. The minimum Gasteiger partial charge on any atom is -0.444 e. The zero-order valence-electron chi connectivity index (χ0n) is 25.3. The molecule has 1 aliphatic heterocycles. The fourth-order valence-corrected chi connectivity index (χ4v) is 6.31. The quantitative estimate of drug-likeness (QED) is 0.241. The van der Waals surface area contributed by atoms with Crippen LogP contribution in [-0.2, 0) is 11.3 Å². The molecule has 0 unspecified atom stereocenters. The second-order valence-corrected chi connectivity index (χ2v) is 13.7. The molecule has 1 aromatic carbocycles. The zero-order valence-corrected chi connectivity index (χ0v) is 26.2. The van der Waals surface area contributed by atoms with Gasteiger partial charge in [-0.05, 0) is 71.2 Å². The number of aliphatic hydroxyl groups is 1. The number of thiophene rings is 1. The van der Waals surface area contributed by atoms with E-state index in [1.165, 1.54) is 23.5 Å². The van der Waals surface area contributed by atoms with E-state index in [0.717, 1.165) is 23.8 Å². The number of carbonyl (C=O) groups excluding carboxylic acids is 2. The summed E-state index contributed by atoms with van der Waals surface area (Å²) >= 11 is 1.28. The first kappa shape index (κ1) is 31.1. The number of rotatable bonds is 6. The van der Waals surface area contributed by atoms with E-state index in [1.807, 2.05) is 6.07 Å². The summed E-state index contributed by atoms with van der Waals surface area (Å²) in [6.07, 6.45) is 4.28. The van der Waals surface area contributed by atoms with Crippen molar-refractivity contribution >= 4 is 40.1 Å². The van der Waals surface area contributed by atoms with Crippen molar-refractivity contribution in [1.29, 1.82) is 0 Å². The Bertz CT molecular complexity index is 1760. The molecule has 1 saturated heterocycles. The van der Waals surface area contributed by atoms with Gasteiger partial charge >= 0.3 is 6.09 Å². The topological polar surface area (TPSA) is 114 Å². The Morgan fingerprint density at radius 3 is 2.64 bits per heavy atom. The molecule has 5 rings (SSSR count). The minimum absolute atomic E-state index is 0.0824. The number of likely N-dealkylation sites (tertiary alicyclic amines) is 1. The highest BCUT2D eigenvalue weighted by Crippen LogP contribution is 2.41. The second kappa shape index (κ2) is 12.0. The van der Waals surface area contributed by atoms with Gasteiger partial charge in [-0.3, -0.25) is 4.79 Å². The summed E-state index contributed by atoms with van der Waals surface area (Å²) in [5.74, 6) is -0.834. The van der Waals surface area contributed by atoms with Crippen molar-refractivity contribution in [3.63, 3.8) is 0 Å². The number of piperidine rings is 1. The average Bonchev–Trinajstić information content (AvgIpc) is 3.55. The molecule has 0 radical (unpaired) electrons. The van der Waals surface area contributed by atoms with Crippen molar-refractivity contribution in [3.05, 3.63) is 64.8 Å². The number of halogens is 1. The third kappa shape index (κ3) is 7.06. The molecule has 4 aromatic rings. The van der Waals surface area contributed by atoms with E-state index in [0.29, 0.717) is 39.6 Å². The van der Waals surface area contributed by atoms with E-state index in [4.69, 9.17) is 11.3 Å². The maximum Gasteiger partial charge on any atom is 0.407 e. The second-order valence-electron chi connectivity index (χ2n) is 12.6. The molecule has 10 nitrogen and oxygen atoms in total. The predicted octanol–water partition coefficient (Wildman–Crippen LogP) is 6.42. The molecule has 2 N–H and O–H groups in total. The summed E-state index contributed by atoms with van der Waals surface area (Å²) in [7, 11) is 0. The number of nitrogens with one attached hydrogen (secondary N) is 1. The first-order valence-corrected chi connectivity index (χ1v) is 15.2. The van der Waals surface area contributed by atoms with Gasteiger partial charge in [0.1, 0.15) is 11.4 Å². The number of pyridine rings is 1. The van der Waals surface area contributed by atoms with Gasteiger partial charge in [0.05, 0.1) is 29.8 Å². The van der Waals surface area contributed by atoms with Crippen molar-refractivity contribution in [2.24, 2.45) is 0 Å². The van der Waals surface area contributed by atoms with Gasteiger partial charge in [0.15, 0.2) is 5.65 Å². The Morgan fingerprint density at radius 2 is 1.95 bits per heavy atom. The Balaban J connectivity index is 1.48. The van der Waals surface area contributed by atoms with Crippen LogP contribution in [0, 0.1) is 12.4 Å². The molecule has 0 aliphatic carbocycles. The first-order valence-electron chi connectivity index (χ1n) is 14.3. The van der Waals surface area contributed by atoms with E-state index in [9.17, 15) is 19.1 Å². The molecule has 1 fully saturated rings. The number of hydrogen-bond donors (Lipinski definition) is 2. The number of ether oxygens (including phenoxy) is 1. The summed E-state index contributed by atoms with van der Waals surface area (Å²) in [6.45, 7) is 17.1. The van der Waals surface area contributed by atoms with Crippen molar-refractivity contribution in [2.75, 3.05) is 13.1 Å². The van der Waals surface area contributed by atoms with Crippen LogP contribution in [0.3, 0.4) is 0 Å². The maximum absolute atomic E-state index is 14.7. The lowest BCUT2D eigenvalue weighted by molar-refractivity contribution is 0.0452. The number of aromatic nitrogens is 3. The molecular weight excluding hydrogens is 583 g/mol. The molecule has 1 aliphatic rings. The predicted molar refractivity (Wildman–Crippen MR) is 167 cm³/mol. The largest absolute Gasteiger partial charge is 0.444 e. The highest BCUT2D eigenvalue weighted by Gasteiger charge is 2.29. The molecule has 4 heterocycles. The molecule has 2 amide bonds. The highest BCUT2D eigenvalue weighted by molar-refractivity contribution is 7.18. The van der Waals surface area contributed by atoms with Crippen LogP contribution < -0.4 is 5.32 Å². The van der Waals surface area contributed by atoms with Gasteiger partial charge in [-0.1, -0.05) is 12.1 Å². The lowest BCUT2D eigenvalue weighted by Gasteiger charge is -2.33. The van der Waals surface area contributed by atoms with E-state index >= 15 is 0 Å². The van der Waals surface area contributed by atoms with Crippen molar-refractivity contribution < 1.29 is 23.8 Å². The van der Waals surface area contributed by atoms with E-state index < -0.39 is 23.1 Å². The summed E-state index contributed by atoms with van der Waals surface area (Å²) in [5.41, 5.74) is 0.803. The van der Waals surface area contributed by atoms with Gasteiger partial charge in [0.2, 0.25) is 5.69 Å². The van der Waals surface area contributed by atoms with Crippen LogP contribution in [0.1, 0.15) is 57.1 Å². The number of hydrogen-bond acceptors (Lipinski definition) is 7. The van der Waals surface area contributed by atoms with E-state index in [2.05, 4.69) is 20.2 Å². The van der Waals surface area contributed by atoms with Crippen LogP contribution in [0.4, 0.5) is 14.9 Å². The fraction of sp³-hybridized carbons (Fsp3) is 0.406. The van der Waals surface area contributed by atoms with Crippen LogP contribution in [0.25, 0.3) is 37.4 Å². The minimum atomic E-state index is -0.979. The third-order valence-corrected chi connectivity index (χ3v) is 8.20. The van der Waals surface area contributed by atoms with E-state index in [-0.39, 0.29) is 24.2 Å². The Morgan fingerprint density at radius 1 is 1.18 bits per heavy atom. The maximum atomic E-state index is 14.7. The third-order valence-electron chi connectivity index (χ3n) is 7.03. The number of fused-ring (bicyclic) bond motifs is 1. The Kier molecular flexibility index (Phi) is 8.46. The molecule has 0 saturated carbocycles. The average molecular weight is 619 g/mol. The Labute approximate surface area is 259 Å².